The van der Waals surface area contributed by atoms with Crippen LogP contribution in [0.2, 0.25) is 0 Å². The van der Waals surface area contributed by atoms with Crippen LogP contribution in [0.5, 0.6) is 0 Å². The van der Waals surface area contributed by atoms with Gasteiger partial charge in [-0.05, 0) is 26.8 Å². The van der Waals surface area contributed by atoms with E-state index >= 15 is 0 Å². The molecule has 1 aliphatic carbocycles. The molecule has 20 heavy (non-hydrogen) atoms. The Morgan fingerprint density at radius 3 is 2.95 bits per heavy atom. The minimum atomic E-state index is 0.700. The van der Waals surface area contributed by atoms with Crippen molar-refractivity contribution in [2.45, 2.75) is 45.4 Å². The SMILES string of the molecule is Cc1nc(CN(C)Cc2cc(CNC3CC3)no2)cs1. The number of aryl methyl sites for hydroxylation is 1. The summed E-state index contributed by atoms with van der Waals surface area (Å²) in [5.74, 6) is 0.909. The molecule has 0 radical (unpaired) electrons. The zero-order valence-corrected chi connectivity index (χ0v) is 12.7. The lowest BCUT2D eigenvalue weighted by Crippen LogP contribution is -2.17. The normalized spacial score (nSPS) is 15.2. The number of nitrogens with zero attached hydrogens (tertiary/aromatic N) is 3. The van der Waals surface area contributed by atoms with Gasteiger partial charge in [0, 0.05) is 30.6 Å². The predicted octanol–water partition coefficient (Wildman–Crippen LogP) is 2.32. The Bertz CT molecular complexity index is 561. The van der Waals surface area contributed by atoms with E-state index in [0.29, 0.717) is 6.04 Å². The van der Waals surface area contributed by atoms with Crippen molar-refractivity contribution in [3.8, 4) is 0 Å². The lowest BCUT2D eigenvalue weighted by Gasteiger charge is -2.12. The highest BCUT2D eigenvalue weighted by Crippen LogP contribution is 2.19. The minimum Gasteiger partial charge on any atom is -0.360 e. The number of aromatic nitrogens is 2. The molecule has 1 fully saturated rings. The molecule has 0 spiro atoms. The van der Waals surface area contributed by atoms with Crippen molar-refractivity contribution in [3.05, 3.63) is 33.6 Å². The molecule has 1 N–H and O–H groups in total. The summed E-state index contributed by atoms with van der Waals surface area (Å²) in [5, 5.41) is 10.8. The van der Waals surface area contributed by atoms with Crippen LogP contribution in [0, 0.1) is 6.92 Å². The molecular formula is C14H20N4OS. The van der Waals surface area contributed by atoms with E-state index in [1.165, 1.54) is 12.8 Å². The van der Waals surface area contributed by atoms with Crippen molar-refractivity contribution in [1.82, 2.24) is 20.4 Å². The van der Waals surface area contributed by atoms with E-state index in [9.17, 15) is 0 Å². The monoisotopic (exact) mass is 292 g/mol. The molecule has 6 heteroatoms. The van der Waals surface area contributed by atoms with Gasteiger partial charge in [-0.2, -0.15) is 0 Å². The average Bonchev–Trinajstić information content (AvgIpc) is 3.00. The summed E-state index contributed by atoms with van der Waals surface area (Å²) in [7, 11) is 2.07. The van der Waals surface area contributed by atoms with Crippen molar-refractivity contribution >= 4 is 11.3 Å². The van der Waals surface area contributed by atoms with Crippen LogP contribution in [0.15, 0.2) is 16.0 Å². The molecule has 0 atom stereocenters. The van der Waals surface area contributed by atoms with Gasteiger partial charge in [0.1, 0.15) is 0 Å². The summed E-state index contributed by atoms with van der Waals surface area (Å²) in [6, 6.07) is 2.74. The molecule has 2 heterocycles. The van der Waals surface area contributed by atoms with Gasteiger partial charge in [0.2, 0.25) is 0 Å². The first-order valence-electron chi connectivity index (χ1n) is 6.96. The third-order valence-corrected chi connectivity index (χ3v) is 4.10. The summed E-state index contributed by atoms with van der Waals surface area (Å²) in [6.45, 7) is 4.43. The Labute approximate surface area is 123 Å². The largest absolute Gasteiger partial charge is 0.360 e. The first-order chi connectivity index (χ1) is 9.69. The van der Waals surface area contributed by atoms with Gasteiger partial charge < -0.3 is 9.84 Å². The smallest absolute Gasteiger partial charge is 0.151 e. The van der Waals surface area contributed by atoms with Crippen molar-refractivity contribution in [2.75, 3.05) is 7.05 Å². The molecule has 0 saturated heterocycles. The minimum absolute atomic E-state index is 0.700. The second-order valence-electron chi connectivity index (χ2n) is 5.47. The van der Waals surface area contributed by atoms with Crippen LogP contribution in [0.1, 0.15) is 35.0 Å². The van der Waals surface area contributed by atoms with Gasteiger partial charge in [0.05, 0.1) is 22.9 Å². The fraction of sp³-hybridized carbons (Fsp3) is 0.571. The van der Waals surface area contributed by atoms with Crippen LogP contribution in [-0.2, 0) is 19.6 Å². The maximum absolute atomic E-state index is 5.38. The summed E-state index contributed by atoms with van der Waals surface area (Å²) < 4.78 is 5.38. The maximum atomic E-state index is 5.38. The van der Waals surface area contributed by atoms with E-state index in [0.717, 1.165) is 41.8 Å². The highest BCUT2D eigenvalue weighted by molar-refractivity contribution is 7.09. The fourth-order valence-corrected chi connectivity index (χ4v) is 2.73. The maximum Gasteiger partial charge on any atom is 0.151 e. The van der Waals surface area contributed by atoms with Gasteiger partial charge in [0.25, 0.3) is 0 Å². The summed E-state index contributed by atoms with van der Waals surface area (Å²) in [6.07, 6.45) is 2.58. The van der Waals surface area contributed by atoms with Gasteiger partial charge in [-0.3, -0.25) is 4.90 Å². The highest BCUT2D eigenvalue weighted by Gasteiger charge is 2.20. The fourth-order valence-electron chi connectivity index (χ4n) is 2.13. The molecule has 108 valence electrons. The number of thiazole rings is 1. The Hall–Kier alpha value is -1.24. The molecule has 5 nitrogen and oxygen atoms in total. The number of rotatable bonds is 7. The van der Waals surface area contributed by atoms with Gasteiger partial charge >= 0.3 is 0 Å². The van der Waals surface area contributed by atoms with Crippen molar-refractivity contribution in [2.24, 2.45) is 0 Å². The summed E-state index contributed by atoms with van der Waals surface area (Å²) in [4.78, 5) is 6.66. The number of nitrogens with one attached hydrogen (secondary N) is 1. The molecule has 0 bridgehead atoms. The van der Waals surface area contributed by atoms with E-state index in [2.05, 4.69) is 32.8 Å². The van der Waals surface area contributed by atoms with E-state index in [1.54, 1.807) is 11.3 Å². The van der Waals surface area contributed by atoms with E-state index in [1.807, 2.05) is 13.0 Å². The average molecular weight is 292 g/mol. The summed E-state index contributed by atoms with van der Waals surface area (Å²) >= 11 is 1.69. The molecular weight excluding hydrogens is 272 g/mol. The standard InChI is InChI=1S/C14H20N4OS/c1-10-16-13(9-20-10)7-18(2)8-14-5-12(17-19-14)6-15-11-3-4-11/h5,9,11,15H,3-4,6-8H2,1-2H3. The molecule has 0 amide bonds. The van der Waals surface area contributed by atoms with Crippen LogP contribution in [0.3, 0.4) is 0 Å². The van der Waals surface area contributed by atoms with E-state index in [4.69, 9.17) is 4.52 Å². The van der Waals surface area contributed by atoms with E-state index < -0.39 is 0 Å². The third kappa shape index (κ3) is 3.88. The second kappa shape index (κ2) is 6.03. The number of hydrogen-bond acceptors (Lipinski definition) is 6. The van der Waals surface area contributed by atoms with Crippen LogP contribution < -0.4 is 5.32 Å². The molecule has 1 aliphatic rings. The van der Waals surface area contributed by atoms with Crippen molar-refractivity contribution in [3.63, 3.8) is 0 Å². The summed E-state index contributed by atoms with van der Waals surface area (Å²) in [5.41, 5.74) is 2.11. The molecule has 0 unspecified atom stereocenters. The Morgan fingerprint density at radius 2 is 2.25 bits per heavy atom. The number of hydrogen-bond donors (Lipinski definition) is 1. The Balaban J connectivity index is 1.48. The molecule has 3 rings (SSSR count). The molecule has 1 saturated carbocycles. The third-order valence-electron chi connectivity index (χ3n) is 3.28. The quantitative estimate of drug-likeness (QED) is 0.849. The van der Waals surface area contributed by atoms with Crippen LogP contribution >= 0.6 is 11.3 Å². The van der Waals surface area contributed by atoms with Gasteiger partial charge in [-0.1, -0.05) is 5.16 Å². The molecule has 2 aromatic rings. The first kappa shape index (κ1) is 13.7. The molecule has 0 aromatic carbocycles. The van der Waals surface area contributed by atoms with Crippen LogP contribution in [-0.4, -0.2) is 28.1 Å². The Morgan fingerprint density at radius 1 is 1.40 bits per heavy atom. The van der Waals surface area contributed by atoms with Gasteiger partial charge in [0.15, 0.2) is 5.76 Å². The second-order valence-corrected chi connectivity index (χ2v) is 6.53. The van der Waals surface area contributed by atoms with Crippen molar-refractivity contribution in [1.29, 1.82) is 0 Å². The van der Waals surface area contributed by atoms with Gasteiger partial charge in [-0.15, -0.1) is 11.3 Å². The topological polar surface area (TPSA) is 54.2 Å². The van der Waals surface area contributed by atoms with Crippen molar-refractivity contribution < 1.29 is 4.52 Å². The van der Waals surface area contributed by atoms with Crippen LogP contribution in [0.4, 0.5) is 0 Å². The first-order valence-corrected chi connectivity index (χ1v) is 7.84. The highest BCUT2D eigenvalue weighted by atomic mass is 32.1. The van der Waals surface area contributed by atoms with Crippen LogP contribution in [0.25, 0.3) is 0 Å². The zero-order chi connectivity index (χ0) is 13.9. The lowest BCUT2D eigenvalue weighted by atomic mass is 10.3. The molecule has 0 aliphatic heterocycles. The predicted molar refractivity (Wildman–Crippen MR) is 78.4 cm³/mol. The van der Waals surface area contributed by atoms with Gasteiger partial charge in [-0.25, -0.2) is 4.98 Å². The van der Waals surface area contributed by atoms with E-state index in [-0.39, 0.29) is 0 Å². The Kier molecular flexibility index (Phi) is 4.14. The zero-order valence-electron chi connectivity index (χ0n) is 11.9. The molecule has 2 aromatic heterocycles. The lowest BCUT2D eigenvalue weighted by molar-refractivity contribution is 0.263.